The maximum absolute atomic E-state index is 10.7. The van der Waals surface area contributed by atoms with Crippen LogP contribution in [-0.2, 0) is 4.79 Å². The van der Waals surface area contributed by atoms with Crippen LogP contribution in [0.5, 0.6) is 0 Å². The van der Waals surface area contributed by atoms with E-state index in [1.54, 1.807) is 0 Å². The molecule has 86 valence electrons. The van der Waals surface area contributed by atoms with Crippen molar-refractivity contribution in [2.45, 2.75) is 37.6 Å². The molecule has 0 spiro atoms. The SMILES string of the molecule is O=C(O)CC1(NCCC2CCC2)CNC1. The predicted molar refractivity (Wildman–Crippen MR) is 57.8 cm³/mol. The summed E-state index contributed by atoms with van der Waals surface area (Å²) in [4.78, 5) is 10.7. The van der Waals surface area contributed by atoms with Gasteiger partial charge in [-0.2, -0.15) is 0 Å². The Labute approximate surface area is 90.4 Å². The van der Waals surface area contributed by atoms with E-state index >= 15 is 0 Å². The summed E-state index contributed by atoms with van der Waals surface area (Å²) in [6.07, 6.45) is 5.57. The number of carboxylic acids is 1. The summed E-state index contributed by atoms with van der Waals surface area (Å²) in [6, 6.07) is 0. The minimum Gasteiger partial charge on any atom is -0.481 e. The highest BCUT2D eigenvalue weighted by Gasteiger charge is 2.38. The molecule has 0 atom stereocenters. The minimum absolute atomic E-state index is 0.157. The number of carbonyl (C=O) groups is 1. The van der Waals surface area contributed by atoms with Crippen LogP contribution < -0.4 is 10.6 Å². The number of nitrogens with one attached hydrogen (secondary N) is 2. The maximum Gasteiger partial charge on any atom is 0.305 e. The average Bonchev–Trinajstić information content (AvgIpc) is 2.03. The highest BCUT2D eigenvalue weighted by Crippen LogP contribution is 2.29. The first-order valence-corrected chi connectivity index (χ1v) is 5.88. The molecule has 1 aliphatic carbocycles. The van der Waals surface area contributed by atoms with Gasteiger partial charge in [0.25, 0.3) is 0 Å². The van der Waals surface area contributed by atoms with Crippen LogP contribution in [-0.4, -0.2) is 36.2 Å². The lowest BCUT2D eigenvalue weighted by Crippen LogP contribution is -2.68. The molecular formula is C11H20N2O2. The maximum atomic E-state index is 10.7. The van der Waals surface area contributed by atoms with Gasteiger partial charge in [-0.25, -0.2) is 0 Å². The molecule has 1 aliphatic heterocycles. The molecule has 4 nitrogen and oxygen atoms in total. The molecule has 4 heteroatoms. The van der Waals surface area contributed by atoms with Crippen molar-refractivity contribution in [3.8, 4) is 0 Å². The van der Waals surface area contributed by atoms with Gasteiger partial charge in [-0.05, 0) is 18.9 Å². The Kier molecular flexibility index (Phi) is 3.26. The van der Waals surface area contributed by atoms with Crippen molar-refractivity contribution >= 4 is 5.97 Å². The Balaban J connectivity index is 1.67. The Bertz CT molecular complexity index is 235. The van der Waals surface area contributed by atoms with Crippen LogP contribution in [0.2, 0.25) is 0 Å². The molecule has 2 fully saturated rings. The second-order valence-corrected chi connectivity index (χ2v) is 4.97. The zero-order chi connectivity index (χ0) is 10.7. The lowest BCUT2D eigenvalue weighted by Gasteiger charge is -2.43. The topological polar surface area (TPSA) is 61.4 Å². The number of carboxylic acid groups (broad SMARTS) is 1. The molecule has 1 saturated carbocycles. The minimum atomic E-state index is -0.701. The Morgan fingerprint density at radius 2 is 2.20 bits per heavy atom. The molecule has 1 saturated heterocycles. The third-order valence-electron chi connectivity index (χ3n) is 3.69. The summed E-state index contributed by atoms with van der Waals surface area (Å²) in [5.41, 5.74) is -0.157. The molecule has 15 heavy (non-hydrogen) atoms. The predicted octanol–water partition coefficient (Wildman–Crippen LogP) is 0.583. The van der Waals surface area contributed by atoms with Crippen molar-refractivity contribution in [2.75, 3.05) is 19.6 Å². The second kappa shape index (κ2) is 4.49. The molecule has 0 bridgehead atoms. The molecule has 0 aromatic rings. The van der Waals surface area contributed by atoms with Gasteiger partial charge in [-0.15, -0.1) is 0 Å². The normalized spacial score (nSPS) is 24.3. The number of hydrogen-bond acceptors (Lipinski definition) is 3. The van der Waals surface area contributed by atoms with E-state index in [0.29, 0.717) is 0 Å². The molecule has 2 aliphatic rings. The van der Waals surface area contributed by atoms with Gasteiger partial charge in [-0.3, -0.25) is 4.79 Å². The van der Waals surface area contributed by atoms with Crippen LogP contribution >= 0.6 is 0 Å². The third-order valence-corrected chi connectivity index (χ3v) is 3.69. The number of aliphatic carboxylic acids is 1. The number of hydrogen-bond donors (Lipinski definition) is 3. The summed E-state index contributed by atoms with van der Waals surface area (Å²) < 4.78 is 0. The fourth-order valence-corrected chi connectivity index (χ4v) is 2.35. The van der Waals surface area contributed by atoms with Gasteiger partial charge in [0, 0.05) is 13.1 Å². The third kappa shape index (κ3) is 2.69. The van der Waals surface area contributed by atoms with Crippen molar-refractivity contribution in [2.24, 2.45) is 5.92 Å². The first-order chi connectivity index (χ1) is 7.20. The van der Waals surface area contributed by atoms with Gasteiger partial charge in [-0.1, -0.05) is 19.3 Å². The van der Waals surface area contributed by atoms with Crippen LogP contribution in [0, 0.1) is 5.92 Å². The standard InChI is InChI=1S/C11H20N2O2/c14-10(15)6-11(7-12-8-11)13-5-4-9-2-1-3-9/h9,12-13H,1-8H2,(H,14,15). The lowest BCUT2D eigenvalue weighted by atomic mass is 9.82. The van der Waals surface area contributed by atoms with E-state index in [1.165, 1.54) is 25.7 Å². The van der Waals surface area contributed by atoms with E-state index in [9.17, 15) is 4.79 Å². The fourth-order valence-electron chi connectivity index (χ4n) is 2.35. The van der Waals surface area contributed by atoms with Crippen molar-refractivity contribution in [3.05, 3.63) is 0 Å². The second-order valence-electron chi connectivity index (χ2n) is 4.97. The Hall–Kier alpha value is -0.610. The summed E-state index contributed by atoms with van der Waals surface area (Å²) in [7, 11) is 0. The van der Waals surface area contributed by atoms with Crippen molar-refractivity contribution < 1.29 is 9.90 Å². The largest absolute Gasteiger partial charge is 0.481 e. The molecule has 0 unspecified atom stereocenters. The summed E-state index contributed by atoms with van der Waals surface area (Å²) in [6.45, 7) is 2.56. The van der Waals surface area contributed by atoms with Gasteiger partial charge < -0.3 is 15.7 Å². The molecule has 3 N–H and O–H groups in total. The molecule has 0 aromatic heterocycles. The van der Waals surface area contributed by atoms with Crippen LogP contribution in [0.25, 0.3) is 0 Å². The quantitative estimate of drug-likeness (QED) is 0.603. The van der Waals surface area contributed by atoms with Crippen LogP contribution in [0.15, 0.2) is 0 Å². The highest BCUT2D eigenvalue weighted by atomic mass is 16.4. The molecule has 2 rings (SSSR count). The van der Waals surface area contributed by atoms with Crippen molar-refractivity contribution in [3.63, 3.8) is 0 Å². The molecular weight excluding hydrogens is 192 g/mol. The summed E-state index contributed by atoms with van der Waals surface area (Å²) in [5, 5.41) is 15.4. The van der Waals surface area contributed by atoms with E-state index < -0.39 is 5.97 Å². The average molecular weight is 212 g/mol. The zero-order valence-electron chi connectivity index (χ0n) is 9.09. The van der Waals surface area contributed by atoms with E-state index in [0.717, 1.165) is 25.6 Å². The smallest absolute Gasteiger partial charge is 0.305 e. The van der Waals surface area contributed by atoms with Crippen molar-refractivity contribution in [1.82, 2.24) is 10.6 Å². The van der Waals surface area contributed by atoms with E-state index in [4.69, 9.17) is 5.11 Å². The summed E-state index contributed by atoms with van der Waals surface area (Å²) in [5.74, 6) is 0.194. The molecule has 0 radical (unpaired) electrons. The summed E-state index contributed by atoms with van der Waals surface area (Å²) >= 11 is 0. The highest BCUT2D eigenvalue weighted by molar-refractivity contribution is 5.68. The first kappa shape index (κ1) is 10.9. The molecule has 0 amide bonds. The van der Waals surface area contributed by atoms with Gasteiger partial charge >= 0.3 is 5.97 Å². The van der Waals surface area contributed by atoms with Gasteiger partial charge in [0.1, 0.15) is 0 Å². The van der Waals surface area contributed by atoms with Crippen LogP contribution in [0.1, 0.15) is 32.1 Å². The fraction of sp³-hybridized carbons (Fsp3) is 0.909. The van der Waals surface area contributed by atoms with Crippen LogP contribution in [0.3, 0.4) is 0 Å². The lowest BCUT2D eigenvalue weighted by molar-refractivity contribution is -0.139. The Morgan fingerprint density at radius 1 is 1.47 bits per heavy atom. The molecule has 0 aromatic carbocycles. The zero-order valence-corrected chi connectivity index (χ0v) is 9.09. The van der Waals surface area contributed by atoms with Gasteiger partial charge in [0.05, 0.1) is 12.0 Å². The Morgan fingerprint density at radius 3 is 2.60 bits per heavy atom. The van der Waals surface area contributed by atoms with E-state index in [-0.39, 0.29) is 12.0 Å². The first-order valence-electron chi connectivity index (χ1n) is 5.88. The number of rotatable bonds is 6. The monoisotopic (exact) mass is 212 g/mol. The van der Waals surface area contributed by atoms with Crippen LogP contribution in [0.4, 0.5) is 0 Å². The molecule has 1 heterocycles. The van der Waals surface area contributed by atoms with Gasteiger partial charge in [0.2, 0.25) is 0 Å². The van der Waals surface area contributed by atoms with Gasteiger partial charge in [0.15, 0.2) is 0 Å². The van der Waals surface area contributed by atoms with E-state index in [2.05, 4.69) is 10.6 Å². The van der Waals surface area contributed by atoms with E-state index in [1.807, 2.05) is 0 Å². The van der Waals surface area contributed by atoms with Crippen molar-refractivity contribution in [1.29, 1.82) is 0 Å².